The largest absolute Gasteiger partial charge is 0.307 e. The summed E-state index contributed by atoms with van der Waals surface area (Å²) in [4.78, 5) is 21.1. The van der Waals surface area contributed by atoms with Crippen molar-refractivity contribution in [2.45, 2.75) is 49.2 Å². The summed E-state index contributed by atoms with van der Waals surface area (Å²) < 4.78 is 56.0. The van der Waals surface area contributed by atoms with Crippen molar-refractivity contribution in [3.63, 3.8) is 0 Å². The first-order chi connectivity index (χ1) is 15.1. The number of nitrogens with one attached hydrogen (secondary N) is 1. The smallest absolute Gasteiger partial charge is 0.263 e. The third-order valence-electron chi connectivity index (χ3n) is 6.05. The summed E-state index contributed by atoms with van der Waals surface area (Å²) in [7, 11) is -2.46. The molecule has 12 heteroatoms. The number of carbonyl (C=O) groups excluding carboxylic acids is 1. The lowest BCUT2D eigenvalue weighted by molar-refractivity contribution is 0.0832. The van der Waals surface area contributed by atoms with Crippen LogP contribution in [0.3, 0.4) is 0 Å². The second-order valence-electron chi connectivity index (χ2n) is 8.51. The molecule has 1 fully saturated rings. The van der Waals surface area contributed by atoms with Gasteiger partial charge in [0, 0.05) is 18.8 Å². The molecular formula is C20H22F2N6O3S. The SMILES string of the molecule is C[C@@H]1CN=C2N(Cc3cnn(C)c3)C(=O)c3cc(S(=O)(=O)NC4(C(F)F)CC4)ccc3N21. The number of aliphatic imine (C=N–C) groups is 1. The fourth-order valence-electron chi connectivity index (χ4n) is 4.13. The van der Waals surface area contributed by atoms with Gasteiger partial charge in [-0.2, -0.15) is 9.82 Å². The maximum absolute atomic E-state index is 13.4. The molecule has 2 aromatic rings. The highest BCUT2D eigenvalue weighted by atomic mass is 32.2. The predicted octanol–water partition coefficient (Wildman–Crippen LogP) is 1.72. The van der Waals surface area contributed by atoms with Crippen LogP contribution in [0.1, 0.15) is 35.7 Å². The van der Waals surface area contributed by atoms with Crippen LogP contribution in [0.25, 0.3) is 0 Å². The normalized spacial score (nSPS) is 21.6. The maximum Gasteiger partial charge on any atom is 0.263 e. The molecule has 9 nitrogen and oxygen atoms in total. The van der Waals surface area contributed by atoms with E-state index in [2.05, 4.69) is 14.8 Å². The van der Waals surface area contributed by atoms with Gasteiger partial charge in [-0.15, -0.1) is 0 Å². The Labute approximate surface area is 183 Å². The number of aromatic nitrogens is 2. The molecule has 1 aliphatic carbocycles. The van der Waals surface area contributed by atoms with Gasteiger partial charge in [0.05, 0.1) is 47.0 Å². The molecular weight excluding hydrogens is 442 g/mol. The van der Waals surface area contributed by atoms with E-state index in [4.69, 9.17) is 0 Å². The first-order valence-electron chi connectivity index (χ1n) is 10.2. The maximum atomic E-state index is 13.4. The van der Waals surface area contributed by atoms with Crippen LogP contribution in [0, 0.1) is 0 Å². The molecule has 1 N–H and O–H groups in total. The van der Waals surface area contributed by atoms with Crippen molar-refractivity contribution < 1.29 is 22.0 Å². The average Bonchev–Trinajstić information content (AvgIpc) is 3.24. The third-order valence-corrected chi connectivity index (χ3v) is 7.60. The summed E-state index contributed by atoms with van der Waals surface area (Å²) in [5.74, 6) is 0.0993. The number of amides is 1. The zero-order valence-corrected chi connectivity index (χ0v) is 18.3. The second kappa shape index (κ2) is 7.07. The van der Waals surface area contributed by atoms with Crippen LogP contribution in [0.5, 0.6) is 0 Å². The number of fused-ring (bicyclic) bond motifs is 3. The number of aryl methyl sites for hydroxylation is 1. The van der Waals surface area contributed by atoms with Crippen molar-refractivity contribution >= 4 is 27.6 Å². The summed E-state index contributed by atoms with van der Waals surface area (Å²) in [6.45, 7) is 2.67. The first-order valence-corrected chi connectivity index (χ1v) is 11.7. The Hall–Kier alpha value is -2.86. The number of alkyl halides is 2. The molecule has 0 spiro atoms. The van der Waals surface area contributed by atoms with Gasteiger partial charge in [-0.1, -0.05) is 0 Å². The Kier molecular flexibility index (Phi) is 4.64. The minimum Gasteiger partial charge on any atom is -0.307 e. The summed E-state index contributed by atoms with van der Waals surface area (Å²) in [6.07, 6.45) is 0.804. The van der Waals surface area contributed by atoms with E-state index in [9.17, 15) is 22.0 Å². The molecule has 0 radical (unpaired) electrons. The zero-order chi connectivity index (χ0) is 22.8. The summed E-state index contributed by atoms with van der Waals surface area (Å²) in [5.41, 5.74) is -0.181. The van der Waals surface area contributed by atoms with E-state index in [-0.39, 0.29) is 35.9 Å². The van der Waals surface area contributed by atoms with E-state index in [1.165, 1.54) is 17.0 Å². The van der Waals surface area contributed by atoms with Crippen molar-refractivity contribution in [1.29, 1.82) is 0 Å². The van der Waals surface area contributed by atoms with Crippen molar-refractivity contribution in [2.75, 3.05) is 11.4 Å². The lowest BCUT2D eigenvalue weighted by Crippen LogP contribution is -2.52. The number of sulfonamides is 1. The predicted molar refractivity (Wildman–Crippen MR) is 112 cm³/mol. The fourth-order valence-corrected chi connectivity index (χ4v) is 5.60. The van der Waals surface area contributed by atoms with Gasteiger partial charge in [0.1, 0.15) is 0 Å². The van der Waals surface area contributed by atoms with E-state index in [0.717, 1.165) is 5.56 Å². The van der Waals surface area contributed by atoms with Gasteiger partial charge in [0.25, 0.3) is 12.3 Å². The van der Waals surface area contributed by atoms with Gasteiger partial charge < -0.3 is 4.90 Å². The highest BCUT2D eigenvalue weighted by Gasteiger charge is 2.54. The van der Waals surface area contributed by atoms with Crippen LogP contribution in [0.2, 0.25) is 0 Å². The van der Waals surface area contributed by atoms with Gasteiger partial charge in [0.2, 0.25) is 16.0 Å². The van der Waals surface area contributed by atoms with Crippen molar-refractivity contribution in [1.82, 2.24) is 19.4 Å². The van der Waals surface area contributed by atoms with Crippen LogP contribution in [0.15, 0.2) is 40.5 Å². The zero-order valence-electron chi connectivity index (χ0n) is 17.5. The second-order valence-corrected chi connectivity index (χ2v) is 10.2. The Morgan fingerprint density at radius 2 is 2.06 bits per heavy atom. The monoisotopic (exact) mass is 464 g/mol. The molecule has 0 saturated heterocycles. The van der Waals surface area contributed by atoms with E-state index >= 15 is 0 Å². The molecule has 1 saturated carbocycles. The summed E-state index contributed by atoms with van der Waals surface area (Å²) >= 11 is 0. The Morgan fingerprint density at radius 3 is 2.69 bits per heavy atom. The quantitative estimate of drug-likeness (QED) is 0.702. The Bertz CT molecular complexity index is 1240. The molecule has 1 aromatic heterocycles. The standard InChI is InChI=1S/C20H22F2N6O3S/c1-12-8-23-19-27(11-13-9-24-26(2)10-13)17(29)15-7-14(3-4-16(15)28(12)19)32(30,31)25-20(5-6-20)18(21)22/h3-4,7,9-10,12,18,25H,5-6,8,11H2,1-2H3/t12-/m1/s1. The van der Waals surface area contributed by atoms with Gasteiger partial charge in [0.15, 0.2) is 0 Å². The van der Waals surface area contributed by atoms with Crippen LogP contribution in [0.4, 0.5) is 14.5 Å². The molecule has 32 heavy (non-hydrogen) atoms. The molecule has 2 aliphatic heterocycles. The lowest BCUT2D eigenvalue weighted by Gasteiger charge is -2.38. The molecule has 0 unspecified atom stereocenters. The number of hydrogen-bond acceptors (Lipinski definition) is 6. The molecule has 5 rings (SSSR count). The minimum absolute atomic E-state index is 0.0256. The molecule has 3 heterocycles. The number of carbonyl (C=O) groups is 1. The summed E-state index contributed by atoms with van der Waals surface area (Å²) in [6, 6.07) is 4.12. The average molecular weight is 464 g/mol. The number of anilines is 1. The number of guanidine groups is 1. The Morgan fingerprint density at radius 1 is 1.31 bits per heavy atom. The first kappa shape index (κ1) is 21.0. The van der Waals surface area contributed by atoms with Gasteiger partial charge in [-0.3, -0.25) is 19.4 Å². The highest BCUT2D eigenvalue weighted by molar-refractivity contribution is 7.89. The minimum atomic E-state index is -4.23. The molecule has 3 aliphatic rings. The topological polar surface area (TPSA) is 99.9 Å². The molecule has 0 bridgehead atoms. The van der Waals surface area contributed by atoms with Gasteiger partial charge in [-0.25, -0.2) is 17.2 Å². The number of halogens is 2. The van der Waals surface area contributed by atoms with Crippen molar-refractivity contribution in [3.05, 3.63) is 41.7 Å². The number of nitrogens with zero attached hydrogens (tertiary/aromatic N) is 5. The van der Waals surface area contributed by atoms with Crippen molar-refractivity contribution in [3.8, 4) is 0 Å². The fraction of sp³-hybridized carbons (Fsp3) is 0.450. The number of benzene rings is 1. The molecule has 1 amide bonds. The van der Waals surface area contributed by atoms with Crippen LogP contribution >= 0.6 is 0 Å². The van der Waals surface area contributed by atoms with Crippen LogP contribution < -0.4 is 9.62 Å². The highest BCUT2D eigenvalue weighted by Crippen LogP contribution is 2.42. The van der Waals surface area contributed by atoms with Crippen molar-refractivity contribution in [2.24, 2.45) is 12.0 Å². The van der Waals surface area contributed by atoms with E-state index in [1.54, 1.807) is 30.2 Å². The van der Waals surface area contributed by atoms with E-state index in [0.29, 0.717) is 18.2 Å². The van der Waals surface area contributed by atoms with E-state index < -0.39 is 27.9 Å². The lowest BCUT2D eigenvalue weighted by atomic mass is 10.1. The van der Waals surface area contributed by atoms with Gasteiger partial charge in [-0.05, 0) is 38.0 Å². The number of rotatable bonds is 6. The van der Waals surface area contributed by atoms with Crippen LogP contribution in [-0.4, -0.2) is 59.5 Å². The van der Waals surface area contributed by atoms with Crippen LogP contribution in [-0.2, 0) is 23.6 Å². The Balaban J connectivity index is 1.53. The third kappa shape index (κ3) is 3.28. The molecule has 1 atom stereocenters. The molecule has 170 valence electrons. The van der Waals surface area contributed by atoms with E-state index in [1.807, 2.05) is 11.8 Å². The summed E-state index contributed by atoms with van der Waals surface area (Å²) in [5, 5.41) is 4.13. The van der Waals surface area contributed by atoms with Gasteiger partial charge >= 0.3 is 0 Å². The molecule has 1 aromatic carbocycles. The number of hydrogen-bond donors (Lipinski definition) is 1.